The molecule has 0 spiro atoms. The molecule has 0 saturated carbocycles. The van der Waals surface area contributed by atoms with Crippen LogP contribution in [0.1, 0.15) is 12.5 Å². The summed E-state index contributed by atoms with van der Waals surface area (Å²) in [5, 5.41) is 24.8. The normalized spacial score (nSPS) is 11.0. The van der Waals surface area contributed by atoms with Gasteiger partial charge in [0.2, 0.25) is 0 Å². The first-order chi connectivity index (χ1) is 18.0. The molecule has 37 heavy (non-hydrogen) atoms. The summed E-state index contributed by atoms with van der Waals surface area (Å²) >= 11 is 7.30. The van der Waals surface area contributed by atoms with Crippen molar-refractivity contribution in [2.24, 2.45) is 5.10 Å². The molecule has 0 aliphatic carbocycles. The van der Waals surface area contributed by atoms with Crippen molar-refractivity contribution in [3.8, 4) is 34.3 Å². The number of hydrogen-bond donors (Lipinski definition) is 2. The SMILES string of the molecule is CCOc1ccc(-[n+]2c(SCC(=O)NN=Cc3cccc(OC)c3[O-])n[nH]c2-c2ccc(Cl)cc2)cc1. The predicted octanol–water partition coefficient (Wildman–Crippen LogP) is 3.73. The van der Waals surface area contributed by atoms with Crippen LogP contribution in [0.25, 0.3) is 17.1 Å². The van der Waals surface area contributed by atoms with Crippen molar-refractivity contribution in [2.45, 2.75) is 12.1 Å². The topological polar surface area (TPSA) is 116 Å². The fourth-order valence-corrected chi connectivity index (χ4v) is 4.31. The van der Waals surface area contributed by atoms with Crippen LogP contribution in [0, 0.1) is 0 Å². The lowest BCUT2D eigenvalue weighted by Crippen LogP contribution is -2.34. The molecule has 0 fully saturated rings. The summed E-state index contributed by atoms with van der Waals surface area (Å²) in [6, 6.07) is 19.8. The van der Waals surface area contributed by atoms with Crippen LogP contribution in [0.2, 0.25) is 5.02 Å². The van der Waals surface area contributed by atoms with E-state index < -0.39 is 0 Å². The molecule has 0 radical (unpaired) electrons. The van der Waals surface area contributed by atoms with E-state index in [4.69, 9.17) is 21.1 Å². The summed E-state index contributed by atoms with van der Waals surface area (Å²) in [6.07, 6.45) is 1.29. The summed E-state index contributed by atoms with van der Waals surface area (Å²) in [6.45, 7) is 2.50. The third-order valence-corrected chi connectivity index (χ3v) is 6.34. The number of aromatic nitrogens is 3. The number of nitrogens with one attached hydrogen (secondary N) is 2. The van der Waals surface area contributed by atoms with Gasteiger partial charge in [-0.15, -0.1) is 5.10 Å². The molecule has 1 amide bonds. The van der Waals surface area contributed by atoms with E-state index in [0.29, 0.717) is 22.3 Å². The Bertz CT molecular complexity index is 1390. The van der Waals surface area contributed by atoms with Crippen molar-refractivity contribution < 1.29 is 23.9 Å². The van der Waals surface area contributed by atoms with Crippen LogP contribution in [0.15, 0.2) is 77.0 Å². The van der Waals surface area contributed by atoms with E-state index >= 15 is 0 Å². The van der Waals surface area contributed by atoms with Gasteiger partial charge >= 0.3 is 5.16 Å². The Morgan fingerprint density at radius 2 is 1.95 bits per heavy atom. The van der Waals surface area contributed by atoms with E-state index in [1.807, 2.05) is 47.9 Å². The van der Waals surface area contributed by atoms with Crippen molar-refractivity contribution >= 4 is 35.5 Å². The van der Waals surface area contributed by atoms with Crippen LogP contribution < -0.4 is 24.6 Å². The number of H-pyrrole nitrogens is 1. The molecular formula is C26H24ClN5O4S. The number of carbonyl (C=O) groups is 1. The van der Waals surface area contributed by atoms with Crippen LogP contribution >= 0.6 is 23.4 Å². The molecule has 190 valence electrons. The number of benzene rings is 3. The Morgan fingerprint density at radius 3 is 2.65 bits per heavy atom. The number of para-hydroxylation sites is 1. The van der Waals surface area contributed by atoms with Gasteiger partial charge in [0, 0.05) is 5.02 Å². The quantitative estimate of drug-likeness (QED) is 0.138. The number of carbonyl (C=O) groups excluding carboxylic acids is 1. The highest BCUT2D eigenvalue weighted by atomic mass is 35.5. The molecule has 0 atom stereocenters. The molecule has 1 heterocycles. The number of amides is 1. The molecular weight excluding hydrogens is 514 g/mol. The second-order valence-corrected chi connectivity index (χ2v) is 8.96. The van der Waals surface area contributed by atoms with Crippen LogP contribution in [0.3, 0.4) is 0 Å². The maximum Gasteiger partial charge on any atom is 0.342 e. The Hall–Kier alpha value is -4.02. The molecule has 0 aliphatic rings. The summed E-state index contributed by atoms with van der Waals surface area (Å²) in [4.78, 5) is 12.5. The first-order valence-electron chi connectivity index (χ1n) is 11.3. The monoisotopic (exact) mass is 537 g/mol. The van der Waals surface area contributed by atoms with Crippen molar-refractivity contribution in [2.75, 3.05) is 19.5 Å². The molecule has 0 aliphatic heterocycles. The fraction of sp³-hybridized carbons (Fsp3) is 0.154. The zero-order valence-corrected chi connectivity index (χ0v) is 21.7. The molecule has 3 aromatic carbocycles. The van der Waals surface area contributed by atoms with Crippen LogP contribution in [0.4, 0.5) is 0 Å². The minimum atomic E-state index is -0.356. The Labute approximate surface area is 223 Å². The summed E-state index contributed by atoms with van der Waals surface area (Å²) < 4.78 is 12.5. The van der Waals surface area contributed by atoms with E-state index in [1.54, 1.807) is 30.3 Å². The Morgan fingerprint density at radius 1 is 1.19 bits per heavy atom. The number of hydrazone groups is 1. The van der Waals surface area contributed by atoms with Crippen molar-refractivity contribution in [3.05, 3.63) is 77.3 Å². The largest absolute Gasteiger partial charge is 0.870 e. The smallest absolute Gasteiger partial charge is 0.342 e. The van der Waals surface area contributed by atoms with Gasteiger partial charge in [0.25, 0.3) is 11.7 Å². The van der Waals surface area contributed by atoms with Gasteiger partial charge in [-0.25, -0.2) is 5.43 Å². The number of rotatable bonds is 10. The van der Waals surface area contributed by atoms with Crippen molar-refractivity contribution in [1.29, 1.82) is 0 Å². The molecule has 0 bridgehead atoms. The van der Waals surface area contributed by atoms with Gasteiger partial charge in [-0.3, -0.25) is 4.79 Å². The third-order valence-electron chi connectivity index (χ3n) is 5.15. The number of halogens is 1. The molecule has 0 unspecified atom stereocenters. The van der Waals surface area contributed by atoms with Crippen molar-refractivity contribution in [3.63, 3.8) is 0 Å². The number of ether oxygens (including phenoxy) is 2. The molecule has 9 nitrogen and oxygen atoms in total. The van der Waals surface area contributed by atoms with E-state index in [0.717, 1.165) is 22.8 Å². The number of aromatic amines is 1. The number of hydrogen-bond acceptors (Lipinski definition) is 7. The summed E-state index contributed by atoms with van der Waals surface area (Å²) in [5.41, 5.74) is 4.46. The molecule has 1 aromatic heterocycles. The average Bonchev–Trinajstić information content (AvgIpc) is 3.33. The zero-order chi connectivity index (χ0) is 26.2. The highest BCUT2D eigenvalue weighted by molar-refractivity contribution is 7.99. The third kappa shape index (κ3) is 6.41. The van der Waals surface area contributed by atoms with E-state index in [-0.39, 0.29) is 23.2 Å². The Balaban J connectivity index is 1.51. The fourth-order valence-electron chi connectivity index (χ4n) is 3.42. The lowest BCUT2D eigenvalue weighted by molar-refractivity contribution is -0.625. The molecule has 11 heteroatoms. The molecule has 4 rings (SSSR count). The average molecular weight is 538 g/mol. The lowest BCUT2D eigenvalue weighted by Gasteiger charge is -2.14. The van der Waals surface area contributed by atoms with Crippen molar-refractivity contribution in [1.82, 2.24) is 15.6 Å². The van der Waals surface area contributed by atoms with Gasteiger partial charge in [-0.05, 0) is 78.8 Å². The van der Waals surface area contributed by atoms with Gasteiger partial charge in [-0.2, -0.15) is 9.67 Å². The zero-order valence-electron chi connectivity index (χ0n) is 20.1. The van der Waals surface area contributed by atoms with Crippen LogP contribution in [0.5, 0.6) is 17.2 Å². The standard InChI is InChI=1S/C26H24ClN5O4S/c1-3-36-21-13-11-20(12-14-21)32-25(17-7-9-19(27)10-8-17)30-31-26(32)37-16-23(33)29-28-15-18-5-4-6-22(35-2)24(18)34/h4-15H,3,16H2,1-2H3,(H2,28,29,33,34). The lowest BCUT2D eigenvalue weighted by atomic mass is 10.2. The van der Waals surface area contributed by atoms with Gasteiger partial charge in [0.1, 0.15) is 17.2 Å². The van der Waals surface area contributed by atoms with Gasteiger partial charge in [0.05, 0.1) is 36.3 Å². The maximum absolute atomic E-state index is 12.5. The summed E-state index contributed by atoms with van der Waals surface area (Å²) in [5.74, 6) is 1.07. The molecule has 0 saturated heterocycles. The van der Waals surface area contributed by atoms with E-state index in [9.17, 15) is 9.90 Å². The Kier molecular flexibility index (Phi) is 8.65. The van der Waals surface area contributed by atoms with Crippen LogP contribution in [-0.2, 0) is 4.79 Å². The van der Waals surface area contributed by atoms with Gasteiger partial charge < -0.3 is 14.6 Å². The van der Waals surface area contributed by atoms with E-state index in [1.165, 1.54) is 25.1 Å². The number of thioether (sulfide) groups is 1. The number of methoxy groups -OCH3 is 1. The maximum atomic E-state index is 12.5. The van der Waals surface area contributed by atoms with Gasteiger partial charge in [0.15, 0.2) is 0 Å². The number of nitrogens with zero attached hydrogens (tertiary/aromatic N) is 3. The van der Waals surface area contributed by atoms with Gasteiger partial charge in [-0.1, -0.05) is 29.5 Å². The minimum Gasteiger partial charge on any atom is -0.870 e. The molecule has 2 N–H and O–H groups in total. The van der Waals surface area contributed by atoms with Crippen LogP contribution in [-0.4, -0.2) is 41.8 Å². The first-order valence-corrected chi connectivity index (χ1v) is 12.6. The predicted molar refractivity (Wildman–Crippen MR) is 141 cm³/mol. The van der Waals surface area contributed by atoms with E-state index in [2.05, 4.69) is 20.7 Å². The highest BCUT2D eigenvalue weighted by Crippen LogP contribution is 2.25. The minimum absolute atomic E-state index is 0.0433. The summed E-state index contributed by atoms with van der Waals surface area (Å²) in [7, 11) is 1.42. The second-order valence-electron chi connectivity index (χ2n) is 7.58. The first kappa shape index (κ1) is 26.1. The highest BCUT2D eigenvalue weighted by Gasteiger charge is 2.24. The second kappa shape index (κ2) is 12.3. The molecule has 4 aromatic rings.